The van der Waals surface area contributed by atoms with Crippen molar-refractivity contribution in [3.05, 3.63) is 75.9 Å². The molecule has 0 bridgehead atoms. The average Bonchev–Trinajstić information content (AvgIpc) is 3.22. The first-order chi connectivity index (χ1) is 14.0. The molecule has 152 valence electrons. The van der Waals surface area contributed by atoms with Crippen LogP contribution in [0.5, 0.6) is 11.5 Å². The number of ether oxygens (including phenoxy) is 2. The highest BCUT2D eigenvalue weighted by molar-refractivity contribution is 7.99. The van der Waals surface area contributed by atoms with Gasteiger partial charge >= 0.3 is 0 Å². The molecule has 1 atom stereocenters. The summed E-state index contributed by atoms with van der Waals surface area (Å²) < 4.78 is 10.9. The van der Waals surface area contributed by atoms with Gasteiger partial charge in [-0.15, -0.1) is 18.3 Å². The van der Waals surface area contributed by atoms with Gasteiger partial charge in [-0.25, -0.2) is 0 Å². The van der Waals surface area contributed by atoms with Crippen molar-refractivity contribution in [2.24, 2.45) is 0 Å². The standard InChI is InChI=1S/C21H22N2O5S/c1-4-5-15-12-16(13-18(27-2)19(15)28-3)20(24)22-10-11-29-21(22)14-6-8-17(9-7-14)23(25)26/h4,6-9,12-13,21H,1,5,10-11H2,2-3H3/t21-/m0/s1. The van der Waals surface area contributed by atoms with E-state index in [1.807, 2.05) is 0 Å². The van der Waals surface area contributed by atoms with Crippen molar-refractivity contribution in [3.8, 4) is 11.5 Å². The number of amides is 1. The minimum Gasteiger partial charge on any atom is -0.493 e. The zero-order valence-corrected chi connectivity index (χ0v) is 17.1. The molecule has 0 unspecified atom stereocenters. The molecule has 1 aliphatic heterocycles. The second kappa shape index (κ2) is 9.00. The Morgan fingerprint density at radius 2 is 2.03 bits per heavy atom. The third-order valence-electron chi connectivity index (χ3n) is 4.71. The second-order valence-electron chi connectivity index (χ2n) is 6.43. The van der Waals surface area contributed by atoms with Crippen molar-refractivity contribution in [3.63, 3.8) is 0 Å². The van der Waals surface area contributed by atoms with E-state index in [2.05, 4.69) is 6.58 Å². The van der Waals surface area contributed by atoms with Crippen LogP contribution in [0.2, 0.25) is 0 Å². The molecule has 7 nitrogen and oxygen atoms in total. The average molecular weight is 414 g/mol. The molecule has 8 heteroatoms. The fourth-order valence-corrected chi connectivity index (χ4v) is 4.61. The van der Waals surface area contributed by atoms with Gasteiger partial charge < -0.3 is 14.4 Å². The molecule has 1 amide bonds. The minimum absolute atomic E-state index is 0.0311. The number of hydrogen-bond acceptors (Lipinski definition) is 6. The molecule has 0 saturated carbocycles. The van der Waals surface area contributed by atoms with Crippen molar-refractivity contribution in [1.82, 2.24) is 4.90 Å². The SMILES string of the molecule is C=CCc1cc(C(=O)N2CCS[C@H]2c2ccc([N+](=O)[O-])cc2)cc(OC)c1OC. The van der Waals surface area contributed by atoms with Gasteiger partial charge in [0.2, 0.25) is 0 Å². The van der Waals surface area contributed by atoms with Gasteiger partial charge in [0.05, 0.1) is 19.1 Å². The van der Waals surface area contributed by atoms with E-state index in [4.69, 9.17) is 9.47 Å². The number of thioether (sulfide) groups is 1. The summed E-state index contributed by atoms with van der Waals surface area (Å²) in [7, 11) is 3.10. The summed E-state index contributed by atoms with van der Waals surface area (Å²) in [6.07, 6.45) is 2.29. The number of allylic oxidation sites excluding steroid dienone is 1. The van der Waals surface area contributed by atoms with E-state index in [0.29, 0.717) is 30.0 Å². The summed E-state index contributed by atoms with van der Waals surface area (Å²) in [4.78, 5) is 25.6. The summed E-state index contributed by atoms with van der Waals surface area (Å²) in [6.45, 7) is 4.36. The quantitative estimate of drug-likeness (QED) is 0.383. The van der Waals surface area contributed by atoms with Crippen LogP contribution in [0, 0.1) is 10.1 Å². The highest BCUT2D eigenvalue weighted by atomic mass is 32.2. The lowest BCUT2D eigenvalue weighted by Gasteiger charge is -2.25. The Morgan fingerprint density at radius 3 is 2.62 bits per heavy atom. The summed E-state index contributed by atoms with van der Waals surface area (Å²) in [5.41, 5.74) is 2.22. The van der Waals surface area contributed by atoms with E-state index < -0.39 is 4.92 Å². The van der Waals surface area contributed by atoms with Crippen LogP contribution in [-0.2, 0) is 6.42 Å². The highest BCUT2D eigenvalue weighted by Gasteiger charge is 2.32. The van der Waals surface area contributed by atoms with Crippen molar-refractivity contribution in [2.45, 2.75) is 11.8 Å². The van der Waals surface area contributed by atoms with Crippen molar-refractivity contribution in [2.75, 3.05) is 26.5 Å². The third kappa shape index (κ3) is 4.22. The number of nitrogens with zero attached hydrogens (tertiary/aromatic N) is 2. The predicted molar refractivity (Wildman–Crippen MR) is 113 cm³/mol. The molecular weight excluding hydrogens is 392 g/mol. The first-order valence-corrected chi connectivity index (χ1v) is 10.1. The molecule has 29 heavy (non-hydrogen) atoms. The van der Waals surface area contributed by atoms with Crippen LogP contribution < -0.4 is 9.47 Å². The molecule has 0 aliphatic carbocycles. The van der Waals surface area contributed by atoms with Crippen LogP contribution in [0.15, 0.2) is 49.1 Å². The summed E-state index contributed by atoms with van der Waals surface area (Å²) in [6, 6.07) is 9.84. The fraction of sp³-hybridized carbons (Fsp3) is 0.286. The maximum atomic E-state index is 13.3. The Morgan fingerprint density at radius 1 is 1.31 bits per heavy atom. The molecule has 2 aromatic rings. The number of carbonyl (C=O) groups is 1. The number of nitro groups is 1. The Labute approximate surface area is 173 Å². The topological polar surface area (TPSA) is 81.9 Å². The molecule has 0 spiro atoms. The molecule has 2 aromatic carbocycles. The number of carbonyl (C=O) groups excluding carboxylic acids is 1. The van der Waals surface area contributed by atoms with Gasteiger partial charge in [0.1, 0.15) is 5.37 Å². The van der Waals surface area contributed by atoms with Crippen LogP contribution in [-0.4, -0.2) is 42.2 Å². The molecule has 0 N–H and O–H groups in total. The first-order valence-electron chi connectivity index (χ1n) is 9.02. The molecule has 1 aliphatic rings. The molecule has 1 saturated heterocycles. The maximum Gasteiger partial charge on any atom is 0.269 e. The molecule has 0 radical (unpaired) electrons. The molecule has 1 heterocycles. The van der Waals surface area contributed by atoms with Gasteiger partial charge in [0, 0.05) is 35.6 Å². The fourth-order valence-electron chi connectivity index (χ4n) is 3.35. The van der Waals surface area contributed by atoms with Crippen molar-refractivity contribution >= 4 is 23.4 Å². The molecule has 1 fully saturated rings. The molecule has 0 aromatic heterocycles. The van der Waals surface area contributed by atoms with Gasteiger partial charge in [0.25, 0.3) is 11.6 Å². The number of non-ortho nitro benzene ring substituents is 1. The van der Waals surface area contributed by atoms with Crippen LogP contribution in [0.4, 0.5) is 5.69 Å². The number of nitro benzene ring substituents is 1. The highest BCUT2D eigenvalue weighted by Crippen LogP contribution is 2.40. The normalized spacial score (nSPS) is 15.8. The van der Waals surface area contributed by atoms with Gasteiger partial charge in [-0.1, -0.05) is 6.08 Å². The van der Waals surface area contributed by atoms with Crippen LogP contribution in [0.25, 0.3) is 0 Å². The third-order valence-corrected chi connectivity index (χ3v) is 5.97. The zero-order valence-electron chi connectivity index (χ0n) is 16.3. The monoisotopic (exact) mass is 414 g/mol. The van der Waals surface area contributed by atoms with E-state index in [-0.39, 0.29) is 17.0 Å². The molecular formula is C21H22N2O5S. The number of rotatable bonds is 7. The number of methoxy groups -OCH3 is 2. The van der Waals surface area contributed by atoms with Crippen LogP contribution in [0.1, 0.15) is 26.9 Å². The lowest BCUT2D eigenvalue weighted by atomic mass is 10.0. The lowest BCUT2D eigenvalue weighted by molar-refractivity contribution is -0.384. The van der Waals surface area contributed by atoms with Gasteiger partial charge in [-0.3, -0.25) is 14.9 Å². The van der Waals surface area contributed by atoms with Crippen LogP contribution in [0.3, 0.4) is 0 Å². The van der Waals surface area contributed by atoms with E-state index in [1.165, 1.54) is 19.2 Å². The van der Waals surface area contributed by atoms with Gasteiger partial charge in [-0.05, 0) is 36.2 Å². The summed E-state index contributed by atoms with van der Waals surface area (Å²) in [5.74, 6) is 1.76. The number of hydrogen-bond donors (Lipinski definition) is 0. The maximum absolute atomic E-state index is 13.3. The summed E-state index contributed by atoms with van der Waals surface area (Å²) >= 11 is 1.64. The minimum atomic E-state index is -0.431. The smallest absolute Gasteiger partial charge is 0.269 e. The largest absolute Gasteiger partial charge is 0.493 e. The van der Waals surface area contributed by atoms with Gasteiger partial charge in [0.15, 0.2) is 11.5 Å². The van der Waals surface area contributed by atoms with Crippen molar-refractivity contribution < 1.29 is 19.2 Å². The Hall–Kier alpha value is -3.00. The second-order valence-corrected chi connectivity index (χ2v) is 7.62. The van der Waals surface area contributed by atoms with Crippen LogP contribution >= 0.6 is 11.8 Å². The first kappa shape index (κ1) is 20.7. The number of benzene rings is 2. The Balaban J connectivity index is 1.93. The molecule has 3 rings (SSSR count). The summed E-state index contributed by atoms with van der Waals surface area (Å²) in [5, 5.41) is 10.7. The van der Waals surface area contributed by atoms with E-state index in [0.717, 1.165) is 16.9 Å². The predicted octanol–water partition coefficient (Wildman–Crippen LogP) is 4.23. The van der Waals surface area contributed by atoms with E-state index >= 15 is 0 Å². The van der Waals surface area contributed by atoms with E-state index in [9.17, 15) is 14.9 Å². The van der Waals surface area contributed by atoms with Gasteiger partial charge in [-0.2, -0.15) is 0 Å². The lowest BCUT2D eigenvalue weighted by Crippen LogP contribution is -2.30. The Kier molecular flexibility index (Phi) is 6.43. The zero-order chi connectivity index (χ0) is 21.0. The van der Waals surface area contributed by atoms with Crippen molar-refractivity contribution in [1.29, 1.82) is 0 Å². The van der Waals surface area contributed by atoms with E-state index in [1.54, 1.807) is 54.1 Å². The Bertz CT molecular complexity index is 929.